The molecule has 3 unspecified atom stereocenters. The van der Waals surface area contributed by atoms with Crippen LogP contribution in [0.25, 0.3) is 44.5 Å². The molecule has 3 aromatic carbocycles. The van der Waals surface area contributed by atoms with Gasteiger partial charge in [-0.3, -0.25) is 9.59 Å². The molecule has 1 spiro atoms. The highest BCUT2D eigenvalue weighted by Crippen LogP contribution is 2.54. The average molecular weight is 921 g/mol. The highest BCUT2D eigenvalue weighted by atomic mass is 19.3. The quantitative estimate of drug-likeness (QED) is 0.109. The Morgan fingerprint density at radius 2 is 1.40 bits per heavy atom. The molecule has 5 aliphatic rings. The third-order valence-electron chi connectivity index (χ3n) is 14.4. The highest BCUT2D eigenvalue weighted by molar-refractivity contribution is 5.89. The Morgan fingerprint density at radius 1 is 0.791 bits per heavy atom. The maximum absolute atomic E-state index is 16.7. The summed E-state index contributed by atoms with van der Waals surface area (Å²) in [5.41, 5.74) is 4.36. The Morgan fingerprint density at radius 3 is 2.06 bits per heavy atom. The van der Waals surface area contributed by atoms with Crippen molar-refractivity contribution in [2.75, 3.05) is 34.0 Å². The number of hydrogen-bond donors (Lipinski definition) is 4. The second kappa shape index (κ2) is 16.7. The Bertz CT molecular complexity index is 2780. The summed E-state index contributed by atoms with van der Waals surface area (Å²) in [5.74, 6) is -4.04. The average Bonchev–Trinajstić information content (AvgIpc) is 4.20. The molecule has 18 heteroatoms. The van der Waals surface area contributed by atoms with Gasteiger partial charge in [0.25, 0.3) is 5.92 Å². The van der Waals surface area contributed by atoms with Gasteiger partial charge in [0.1, 0.15) is 23.7 Å². The third-order valence-corrected chi connectivity index (χ3v) is 14.4. The summed E-state index contributed by atoms with van der Waals surface area (Å²) in [7, 11) is 2.51. The van der Waals surface area contributed by atoms with Gasteiger partial charge in [-0.05, 0) is 83.5 Å². The number of rotatable bonds is 10. The fraction of sp³-hybridized carbons (Fsp3) is 0.469. The Kier molecular flexibility index (Phi) is 11.1. The number of likely N-dealkylation sites (tertiary alicyclic amines) is 2. The summed E-state index contributed by atoms with van der Waals surface area (Å²) >= 11 is 0. The van der Waals surface area contributed by atoms with Gasteiger partial charge in [0.2, 0.25) is 11.8 Å². The number of imidazole rings is 2. The second-order valence-electron chi connectivity index (χ2n) is 19.1. The Balaban J connectivity index is 0.902. The standard InChI is InChI=1S/C49H54F2N8O8/c1-24(2)39(56-46(62)64-5)44(60)58-23-48(66-15-16-67-48)21-38(58)42-52-22-37(55-42)28-9-13-32-31-12-8-26(18-33(31)49(50,51)34(32)19-28)27-10-14-35-36(20-27)54-43(53-35)41-29-7-11-30(17-29)59(41)45(61)40(25(3)4)57-47(63)65-6/h8-10,12-14,18-20,22,24-25,29-30,38-41H,7,11,15-17,21,23H2,1-6H3,(H,52,55)(H,53,54)(H,56,62)(H,57,63)/t29?,30-,38?,39+,40+,41?/m1/s1. The predicted molar refractivity (Wildman–Crippen MR) is 240 cm³/mol. The van der Waals surface area contributed by atoms with Crippen LogP contribution >= 0.6 is 0 Å². The number of hydrogen-bond acceptors (Lipinski definition) is 10. The number of carbonyl (C=O) groups excluding carboxylic acids is 4. The van der Waals surface area contributed by atoms with E-state index < -0.39 is 42.0 Å². The number of amides is 4. The van der Waals surface area contributed by atoms with E-state index in [1.165, 1.54) is 20.3 Å². The van der Waals surface area contributed by atoms with Gasteiger partial charge in [-0.1, -0.05) is 58.0 Å². The van der Waals surface area contributed by atoms with Crippen molar-refractivity contribution in [3.63, 3.8) is 0 Å². The monoisotopic (exact) mass is 920 g/mol. The zero-order chi connectivity index (χ0) is 47.1. The number of fused-ring (bicyclic) bond motifs is 6. The van der Waals surface area contributed by atoms with Gasteiger partial charge in [0.05, 0.1) is 69.0 Å². The molecule has 352 valence electrons. The van der Waals surface area contributed by atoms with Crippen LogP contribution in [0.5, 0.6) is 0 Å². The molecular formula is C49H54F2N8O8. The second-order valence-corrected chi connectivity index (χ2v) is 19.1. The molecule has 0 radical (unpaired) electrons. The number of aromatic amines is 2. The van der Waals surface area contributed by atoms with Crippen molar-refractivity contribution in [1.82, 2.24) is 40.4 Å². The molecule has 3 saturated heterocycles. The lowest BCUT2D eigenvalue weighted by atomic mass is 9.95. The summed E-state index contributed by atoms with van der Waals surface area (Å²) in [6.45, 7) is 8.26. The van der Waals surface area contributed by atoms with Crippen LogP contribution in [0.2, 0.25) is 0 Å². The van der Waals surface area contributed by atoms with Crippen LogP contribution in [0.1, 0.15) is 88.2 Å². The van der Waals surface area contributed by atoms with E-state index in [4.69, 9.17) is 23.9 Å². The predicted octanol–water partition coefficient (Wildman–Crippen LogP) is 7.57. The molecule has 4 fully saturated rings. The van der Waals surface area contributed by atoms with E-state index in [1.54, 1.807) is 35.4 Å². The van der Waals surface area contributed by atoms with E-state index in [9.17, 15) is 19.2 Å². The number of ether oxygens (including phenoxy) is 4. The molecular weight excluding hydrogens is 867 g/mol. The van der Waals surface area contributed by atoms with Crippen molar-refractivity contribution in [3.8, 4) is 33.5 Å². The molecule has 3 aliphatic heterocycles. The van der Waals surface area contributed by atoms with Crippen LogP contribution in [0.4, 0.5) is 18.4 Å². The number of alkyl carbamates (subject to hydrolysis) is 2. The smallest absolute Gasteiger partial charge is 0.407 e. The number of nitrogens with one attached hydrogen (secondary N) is 4. The van der Waals surface area contributed by atoms with Gasteiger partial charge < -0.3 is 49.3 Å². The first-order valence-corrected chi connectivity index (χ1v) is 22.9. The van der Waals surface area contributed by atoms with E-state index in [0.717, 1.165) is 30.3 Å². The van der Waals surface area contributed by atoms with Gasteiger partial charge in [0.15, 0.2) is 5.79 Å². The highest BCUT2D eigenvalue weighted by Gasteiger charge is 2.54. The molecule has 5 heterocycles. The first-order chi connectivity index (χ1) is 32.1. The van der Waals surface area contributed by atoms with Gasteiger partial charge in [0, 0.05) is 29.2 Å². The fourth-order valence-electron chi connectivity index (χ4n) is 11.0. The lowest BCUT2D eigenvalue weighted by Gasteiger charge is -2.37. The van der Waals surface area contributed by atoms with Crippen molar-refractivity contribution in [2.45, 2.75) is 95.3 Å². The number of aromatic nitrogens is 4. The molecule has 1 saturated carbocycles. The van der Waals surface area contributed by atoms with Crippen LogP contribution in [-0.2, 0) is 34.5 Å². The number of carbonyl (C=O) groups is 4. The van der Waals surface area contributed by atoms with Crippen LogP contribution in [0, 0.1) is 17.8 Å². The van der Waals surface area contributed by atoms with Gasteiger partial charge in [-0.15, -0.1) is 0 Å². The van der Waals surface area contributed by atoms with Crippen molar-refractivity contribution in [2.24, 2.45) is 17.8 Å². The van der Waals surface area contributed by atoms with Crippen molar-refractivity contribution < 1.29 is 46.9 Å². The molecule has 2 aromatic heterocycles. The van der Waals surface area contributed by atoms with Crippen molar-refractivity contribution >= 4 is 35.0 Å². The first kappa shape index (κ1) is 44.4. The summed E-state index contributed by atoms with van der Waals surface area (Å²) in [6.07, 6.45) is 3.15. The number of nitrogens with zero attached hydrogens (tertiary/aromatic N) is 4. The van der Waals surface area contributed by atoms with E-state index in [0.29, 0.717) is 58.3 Å². The van der Waals surface area contributed by atoms with Crippen molar-refractivity contribution in [1.29, 1.82) is 0 Å². The Hall–Kier alpha value is -6.40. The molecule has 2 bridgehead atoms. The third kappa shape index (κ3) is 7.57. The van der Waals surface area contributed by atoms with Gasteiger partial charge in [-0.2, -0.15) is 8.78 Å². The van der Waals surface area contributed by atoms with E-state index in [1.807, 2.05) is 56.9 Å². The summed E-state index contributed by atoms with van der Waals surface area (Å²) in [6, 6.07) is 13.2. The molecule has 16 nitrogen and oxygen atoms in total. The van der Waals surface area contributed by atoms with Gasteiger partial charge >= 0.3 is 12.2 Å². The maximum atomic E-state index is 16.7. The van der Waals surface area contributed by atoms with E-state index in [-0.39, 0.29) is 65.7 Å². The lowest BCUT2D eigenvalue weighted by molar-refractivity contribution is -0.153. The molecule has 5 aromatic rings. The number of alkyl halides is 2. The topological polar surface area (TPSA) is 193 Å². The minimum atomic E-state index is -3.32. The molecule has 2 aliphatic carbocycles. The summed E-state index contributed by atoms with van der Waals surface area (Å²) in [4.78, 5) is 72.4. The lowest BCUT2D eigenvalue weighted by Crippen LogP contribution is -2.54. The number of H-pyrrole nitrogens is 2. The van der Waals surface area contributed by atoms with Crippen LogP contribution in [-0.4, -0.2) is 112 Å². The number of methoxy groups -OCH3 is 2. The normalized spacial score (nSPS) is 23.0. The summed E-state index contributed by atoms with van der Waals surface area (Å²) in [5, 5.41) is 5.38. The number of halogens is 2. The van der Waals surface area contributed by atoms with Crippen LogP contribution < -0.4 is 10.6 Å². The molecule has 4 amide bonds. The largest absolute Gasteiger partial charge is 0.453 e. The van der Waals surface area contributed by atoms with E-state index >= 15 is 8.78 Å². The van der Waals surface area contributed by atoms with Crippen LogP contribution in [0.3, 0.4) is 0 Å². The molecule has 4 N–H and O–H groups in total. The SMILES string of the molecule is COC(=O)N[C@H](C(=O)N1CC2(CC1c1ncc(-c3ccc4c(c3)C(F)(F)c3cc(-c5ccc6nc(C7C8CC[C@H](C8)N7C(=O)[C@@H](NC(=O)OC)C(C)C)[nH]c6c5)ccc3-4)[nH]1)OCCO2)C(C)C. The number of piperidine rings is 1. The first-order valence-electron chi connectivity index (χ1n) is 22.9. The minimum absolute atomic E-state index is 0.0366. The maximum Gasteiger partial charge on any atom is 0.407 e. The van der Waals surface area contributed by atoms with E-state index in [2.05, 4.69) is 25.6 Å². The minimum Gasteiger partial charge on any atom is -0.453 e. The van der Waals surface area contributed by atoms with Crippen LogP contribution in [0.15, 0.2) is 60.8 Å². The van der Waals surface area contributed by atoms with Gasteiger partial charge in [-0.25, -0.2) is 19.6 Å². The Labute approximate surface area is 385 Å². The number of benzene rings is 3. The zero-order valence-electron chi connectivity index (χ0n) is 38.2. The molecule has 10 rings (SSSR count). The zero-order valence-corrected chi connectivity index (χ0v) is 38.2. The molecule has 6 atom stereocenters. The van der Waals surface area contributed by atoms with Crippen molar-refractivity contribution in [3.05, 3.63) is 83.6 Å². The fourth-order valence-corrected chi connectivity index (χ4v) is 11.0. The molecule has 67 heavy (non-hydrogen) atoms. The summed E-state index contributed by atoms with van der Waals surface area (Å²) < 4.78 is 55.1.